The molecule has 0 saturated carbocycles. The van der Waals surface area contributed by atoms with Crippen LogP contribution in [0.25, 0.3) is 11.5 Å². The molecular weight excluding hydrogens is 363 g/mol. The lowest BCUT2D eigenvalue weighted by Gasteiger charge is -1.98. The van der Waals surface area contributed by atoms with Crippen LogP contribution in [-0.4, -0.2) is 18.6 Å². The van der Waals surface area contributed by atoms with E-state index in [2.05, 4.69) is 10.1 Å². The molecule has 3 aromatic rings. The van der Waals surface area contributed by atoms with Gasteiger partial charge in [0.2, 0.25) is 0 Å². The summed E-state index contributed by atoms with van der Waals surface area (Å²) in [7, 11) is -3.47. The summed E-state index contributed by atoms with van der Waals surface area (Å²) in [5.41, 5.74) is 0.518. The largest absolute Gasteiger partial charge is 0.468 e. The van der Waals surface area contributed by atoms with Crippen LogP contribution in [0.1, 0.15) is 11.6 Å². The topological polar surface area (TPSA) is 86.2 Å². The molecule has 0 aliphatic rings. The zero-order valence-electron chi connectivity index (χ0n) is 11.6. The summed E-state index contributed by atoms with van der Waals surface area (Å²) in [5, 5.41) is 4.51. The van der Waals surface area contributed by atoms with Gasteiger partial charge < -0.3 is 8.94 Å². The molecule has 0 saturated heterocycles. The minimum atomic E-state index is -3.47. The van der Waals surface area contributed by atoms with Crippen LogP contribution in [0.2, 0.25) is 10.0 Å². The number of rotatable bonds is 5. The van der Waals surface area contributed by atoms with Crippen LogP contribution in [-0.2, 0) is 21.3 Å². The van der Waals surface area contributed by atoms with Gasteiger partial charge in [-0.3, -0.25) is 0 Å². The zero-order valence-corrected chi connectivity index (χ0v) is 13.9. The van der Waals surface area contributed by atoms with Gasteiger partial charge in [0.1, 0.15) is 17.3 Å². The molecule has 0 atom stereocenters. The fourth-order valence-electron chi connectivity index (χ4n) is 1.97. The molecule has 120 valence electrons. The second-order valence-corrected chi connectivity index (χ2v) is 7.72. The Kier molecular flexibility index (Phi) is 4.43. The molecule has 0 amide bonds. The predicted molar refractivity (Wildman–Crippen MR) is 84.8 cm³/mol. The molecule has 3 rings (SSSR count). The maximum Gasteiger partial charge on any atom is 0.258 e. The third-order valence-electron chi connectivity index (χ3n) is 2.87. The van der Waals surface area contributed by atoms with E-state index >= 15 is 0 Å². The fraction of sp³-hybridized carbons (Fsp3) is 0.143. The van der Waals surface area contributed by atoms with Crippen molar-refractivity contribution in [1.29, 1.82) is 0 Å². The minimum absolute atomic E-state index is 0.0580. The maximum atomic E-state index is 12.1. The molecule has 23 heavy (non-hydrogen) atoms. The van der Waals surface area contributed by atoms with Crippen LogP contribution in [0.5, 0.6) is 0 Å². The van der Waals surface area contributed by atoms with Crippen molar-refractivity contribution in [2.45, 2.75) is 11.5 Å². The van der Waals surface area contributed by atoms with Crippen LogP contribution < -0.4 is 0 Å². The van der Waals surface area contributed by atoms with E-state index < -0.39 is 9.84 Å². The summed E-state index contributed by atoms with van der Waals surface area (Å²) in [6.07, 6.45) is 1.42. The van der Waals surface area contributed by atoms with E-state index in [0.29, 0.717) is 21.4 Å². The highest BCUT2D eigenvalue weighted by Gasteiger charge is 2.19. The quantitative estimate of drug-likeness (QED) is 0.677. The molecule has 0 aliphatic carbocycles. The Bertz CT molecular complexity index is 900. The highest BCUT2D eigenvalue weighted by atomic mass is 35.5. The van der Waals surface area contributed by atoms with Crippen molar-refractivity contribution >= 4 is 33.0 Å². The summed E-state index contributed by atoms with van der Waals surface area (Å²) in [4.78, 5) is 4.07. The molecule has 0 unspecified atom stereocenters. The lowest BCUT2D eigenvalue weighted by Crippen LogP contribution is -2.08. The number of benzene rings is 1. The Morgan fingerprint density at radius 1 is 1.09 bits per heavy atom. The van der Waals surface area contributed by atoms with Crippen LogP contribution in [0, 0.1) is 0 Å². The Morgan fingerprint density at radius 2 is 1.83 bits per heavy atom. The Balaban J connectivity index is 1.79. The lowest BCUT2D eigenvalue weighted by molar-refractivity contribution is 0.424. The minimum Gasteiger partial charge on any atom is -0.468 e. The summed E-state index contributed by atoms with van der Waals surface area (Å²) in [5.74, 6) is -0.0196. The second kappa shape index (κ2) is 6.35. The van der Waals surface area contributed by atoms with Gasteiger partial charge >= 0.3 is 0 Å². The first-order valence-corrected chi connectivity index (χ1v) is 9.01. The number of nitrogens with zero attached hydrogens (tertiary/aromatic N) is 2. The molecule has 0 radical (unpaired) electrons. The first-order valence-electron chi connectivity index (χ1n) is 6.43. The monoisotopic (exact) mass is 372 g/mol. The second-order valence-electron chi connectivity index (χ2n) is 4.79. The zero-order chi connectivity index (χ0) is 16.4. The van der Waals surface area contributed by atoms with Crippen LogP contribution >= 0.6 is 23.2 Å². The molecule has 9 heteroatoms. The third kappa shape index (κ3) is 4.13. The van der Waals surface area contributed by atoms with E-state index in [9.17, 15) is 8.42 Å². The highest BCUT2D eigenvalue weighted by Crippen LogP contribution is 2.26. The molecule has 1 aromatic carbocycles. The summed E-state index contributed by atoms with van der Waals surface area (Å²) < 4.78 is 34.3. The van der Waals surface area contributed by atoms with E-state index in [-0.39, 0.29) is 23.2 Å². The Morgan fingerprint density at radius 3 is 2.48 bits per heavy atom. The lowest BCUT2D eigenvalue weighted by atomic mass is 10.2. The summed E-state index contributed by atoms with van der Waals surface area (Å²) in [6, 6.07) is 7.98. The number of hydrogen-bond donors (Lipinski definition) is 0. The molecular formula is C14H10Cl2N2O4S. The fourth-order valence-corrected chi connectivity index (χ4v) is 3.70. The molecule has 0 spiro atoms. The normalized spacial score (nSPS) is 11.7. The standard InChI is InChI=1S/C14H10Cl2N2O4S/c15-10-4-9(5-11(16)6-10)14-17-13(18-22-14)8-23(19,20)7-12-2-1-3-21-12/h1-6H,7-8H2. The van der Waals surface area contributed by atoms with Crippen molar-refractivity contribution in [3.8, 4) is 11.5 Å². The maximum absolute atomic E-state index is 12.1. The van der Waals surface area contributed by atoms with Gasteiger partial charge in [0.25, 0.3) is 5.89 Å². The number of halogens is 2. The Hall–Kier alpha value is -1.83. The summed E-state index contributed by atoms with van der Waals surface area (Å²) in [6.45, 7) is 0. The molecule has 0 aliphatic heterocycles. The first kappa shape index (κ1) is 16.0. The van der Waals surface area contributed by atoms with Gasteiger partial charge in [-0.15, -0.1) is 0 Å². The number of hydrogen-bond acceptors (Lipinski definition) is 6. The highest BCUT2D eigenvalue weighted by molar-refractivity contribution is 7.89. The molecule has 6 nitrogen and oxygen atoms in total. The van der Waals surface area contributed by atoms with E-state index in [4.69, 9.17) is 32.1 Å². The van der Waals surface area contributed by atoms with Crippen molar-refractivity contribution < 1.29 is 17.4 Å². The van der Waals surface area contributed by atoms with Gasteiger partial charge in [-0.25, -0.2) is 8.42 Å². The molecule has 2 aromatic heterocycles. The van der Waals surface area contributed by atoms with Gasteiger partial charge in [-0.1, -0.05) is 28.4 Å². The van der Waals surface area contributed by atoms with Crippen molar-refractivity contribution in [3.63, 3.8) is 0 Å². The number of aromatic nitrogens is 2. The molecule has 0 N–H and O–H groups in total. The number of furan rings is 1. The SMILES string of the molecule is O=S(=O)(Cc1noc(-c2cc(Cl)cc(Cl)c2)n1)Cc1ccco1. The molecule has 2 heterocycles. The van der Waals surface area contributed by atoms with Crippen molar-refractivity contribution in [2.75, 3.05) is 0 Å². The van der Waals surface area contributed by atoms with E-state index in [1.807, 2.05) is 0 Å². The van der Waals surface area contributed by atoms with Gasteiger partial charge in [0.15, 0.2) is 15.7 Å². The van der Waals surface area contributed by atoms with Gasteiger partial charge in [0.05, 0.1) is 6.26 Å². The average molecular weight is 373 g/mol. The van der Waals surface area contributed by atoms with E-state index in [1.165, 1.54) is 6.26 Å². The summed E-state index contributed by atoms with van der Waals surface area (Å²) >= 11 is 11.8. The van der Waals surface area contributed by atoms with Crippen LogP contribution in [0.3, 0.4) is 0 Å². The molecule has 0 fully saturated rings. The van der Waals surface area contributed by atoms with E-state index in [0.717, 1.165) is 0 Å². The van der Waals surface area contributed by atoms with Crippen LogP contribution in [0.15, 0.2) is 45.5 Å². The first-order chi connectivity index (χ1) is 10.9. The third-order valence-corrected chi connectivity index (χ3v) is 4.73. The number of sulfone groups is 1. The molecule has 0 bridgehead atoms. The average Bonchev–Trinajstić information content (AvgIpc) is 3.08. The smallest absolute Gasteiger partial charge is 0.258 e. The van der Waals surface area contributed by atoms with Gasteiger partial charge in [-0.05, 0) is 30.3 Å². The Labute approximate surface area is 141 Å². The van der Waals surface area contributed by atoms with Crippen molar-refractivity contribution in [3.05, 3.63) is 58.2 Å². The van der Waals surface area contributed by atoms with Gasteiger partial charge in [0, 0.05) is 15.6 Å². The van der Waals surface area contributed by atoms with E-state index in [1.54, 1.807) is 30.3 Å². The van der Waals surface area contributed by atoms with Crippen LogP contribution in [0.4, 0.5) is 0 Å². The van der Waals surface area contributed by atoms with Crippen molar-refractivity contribution in [1.82, 2.24) is 10.1 Å². The predicted octanol–water partition coefficient (Wildman–Crippen LogP) is 3.75. The van der Waals surface area contributed by atoms with Gasteiger partial charge in [-0.2, -0.15) is 4.98 Å². The van der Waals surface area contributed by atoms with Crippen molar-refractivity contribution in [2.24, 2.45) is 0 Å².